The van der Waals surface area contributed by atoms with Crippen LogP contribution in [-0.4, -0.2) is 20.1 Å². The summed E-state index contributed by atoms with van der Waals surface area (Å²) in [6, 6.07) is 6.76. The van der Waals surface area contributed by atoms with Crippen molar-refractivity contribution in [2.24, 2.45) is 0 Å². The standard InChI is InChI=1S/C10H12BrClO2S/c11-9-4-3-5-10(8-9)15(13,14)7-2-1-6-12/h3-5,8H,1-2,6-7H2. The number of hydrogen-bond donors (Lipinski definition) is 0. The van der Waals surface area contributed by atoms with E-state index in [-0.39, 0.29) is 5.75 Å². The SMILES string of the molecule is O=S(=O)(CCCCCl)c1cccc(Br)c1. The van der Waals surface area contributed by atoms with Crippen molar-refractivity contribution in [2.75, 3.05) is 11.6 Å². The minimum Gasteiger partial charge on any atom is -0.224 e. The first-order valence-electron chi connectivity index (χ1n) is 4.60. The summed E-state index contributed by atoms with van der Waals surface area (Å²) in [5, 5.41) is 0. The monoisotopic (exact) mass is 310 g/mol. The van der Waals surface area contributed by atoms with Gasteiger partial charge in [-0.2, -0.15) is 0 Å². The Kier molecular flexibility index (Phi) is 5.09. The van der Waals surface area contributed by atoms with Crippen LogP contribution in [-0.2, 0) is 9.84 Å². The molecular formula is C10H12BrClO2S. The molecule has 0 aliphatic carbocycles. The van der Waals surface area contributed by atoms with Crippen LogP contribution in [0.3, 0.4) is 0 Å². The van der Waals surface area contributed by atoms with Gasteiger partial charge in [-0.05, 0) is 31.0 Å². The lowest BCUT2D eigenvalue weighted by atomic mass is 10.4. The average molecular weight is 312 g/mol. The van der Waals surface area contributed by atoms with Crippen LogP contribution < -0.4 is 0 Å². The van der Waals surface area contributed by atoms with Gasteiger partial charge in [-0.15, -0.1) is 11.6 Å². The van der Waals surface area contributed by atoms with Gasteiger partial charge in [0.1, 0.15) is 0 Å². The van der Waals surface area contributed by atoms with E-state index in [4.69, 9.17) is 11.6 Å². The molecule has 0 N–H and O–H groups in total. The molecule has 0 saturated heterocycles. The van der Waals surface area contributed by atoms with Gasteiger partial charge in [0.05, 0.1) is 10.6 Å². The molecule has 5 heteroatoms. The van der Waals surface area contributed by atoms with E-state index in [9.17, 15) is 8.42 Å². The van der Waals surface area contributed by atoms with Gasteiger partial charge in [-0.25, -0.2) is 8.42 Å². The van der Waals surface area contributed by atoms with Gasteiger partial charge >= 0.3 is 0 Å². The summed E-state index contributed by atoms with van der Waals surface area (Å²) in [6.07, 6.45) is 1.34. The molecule has 0 aliphatic heterocycles. The molecular weight excluding hydrogens is 300 g/mol. The normalized spacial score (nSPS) is 11.6. The van der Waals surface area contributed by atoms with Crippen LogP contribution in [0.1, 0.15) is 12.8 Å². The first-order valence-corrected chi connectivity index (χ1v) is 7.58. The number of hydrogen-bond acceptors (Lipinski definition) is 2. The molecule has 15 heavy (non-hydrogen) atoms. The zero-order valence-corrected chi connectivity index (χ0v) is 11.3. The molecule has 0 heterocycles. The molecule has 0 aromatic heterocycles. The van der Waals surface area contributed by atoms with Crippen molar-refractivity contribution < 1.29 is 8.42 Å². The van der Waals surface area contributed by atoms with Crippen molar-refractivity contribution in [3.63, 3.8) is 0 Å². The highest BCUT2D eigenvalue weighted by Gasteiger charge is 2.13. The summed E-state index contributed by atoms with van der Waals surface area (Å²) in [7, 11) is -3.14. The minimum atomic E-state index is -3.14. The Labute approximate surface area is 104 Å². The second kappa shape index (κ2) is 5.87. The maximum atomic E-state index is 11.8. The van der Waals surface area contributed by atoms with Crippen LogP contribution in [0.25, 0.3) is 0 Å². The third-order valence-electron chi connectivity index (χ3n) is 1.95. The van der Waals surface area contributed by atoms with Gasteiger partial charge < -0.3 is 0 Å². The molecule has 0 unspecified atom stereocenters. The highest BCUT2D eigenvalue weighted by Crippen LogP contribution is 2.18. The molecule has 0 amide bonds. The molecule has 0 fully saturated rings. The molecule has 0 bridgehead atoms. The number of sulfone groups is 1. The molecule has 0 atom stereocenters. The lowest BCUT2D eigenvalue weighted by molar-refractivity contribution is 0.593. The molecule has 0 saturated carbocycles. The number of rotatable bonds is 5. The van der Waals surface area contributed by atoms with Gasteiger partial charge in [0.2, 0.25) is 0 Å². The molecule has 1 aromatic carbocycles. The fourth-order valence-corrected chi connectivity index (χ4v) is 3.32. The number of alkyl halides is 1. The summed E-state index contributed by atoms with van der Waals surface area (Å²) in [4.78, 5) is 0.367. The molecule has 2 nitrogen and oxygen atoms in total. The quantitative estimate of drug-likeness (QED) is 0.618. The first kappa shape index (κ1) is 13.0. The molecule has 0 aliphatic rings. The van der Waals surface area contributed by atoms with Crippen molar-refractivity contribution >= 4 is 37.4 Å². The van der Waals surface area contributed by atoms with E-state index in [0.29, 0.717) is 17.2 Å². The zero-order valence-electron chi connectivity index (χ0n) is 8.12. The van der Waals surface area contributed by atoms with Crippen LogP contribution in [0.2, 0.25) is 0 Å². The fraction of sp³-hybridized carbons (Fsp3) is 0.400. The molecule has 1 rings (SSSR count). The molecule has 0 radical (unpaired) electrons. The Balaban J connectivity index is 2.77. The van der Waals surface area contributed by atoms with Crippen LogP contribution in [0, 0.1) is 0 Å². The van der Waals surface area contributed by atoms with Crippen molar-refractivity contribution in [3.05, 3.63) is 28.7 Å². The second-order valence-electron chi connectivity index (χ2n) is 3.17. The number of benzene rings is 1. The highest BCUT2D eigenvalue weighted by molar-refractivity contribution is 9.10. The number of halogens is 2. The predicted octanol–water partition coefficient (Wildman–Crippen LogP) is 3.24. The third-order valence-corrected chi connectivity index (χ3v) is 4.51. The smallest absolute Gasteiger partial charge is 0.178 e. The maximum Gasteiger partial charge on any atom is 0.178 e. The lowest BCUT2D eigenvalue weighted by Gasteiger charge is -2.03. The minimum absolute atomic E-state index is 0.163. The van der Waals surface area contributed by atoms with E-state index in [1.54, 1.807) is 24.3 Å². The topological polar surface area (TPSA) is 34.1 Å². The van der Waals surface area contributed by atoms with E-state index < -0.39 is 9.84 Å². The van der Waals surface area contributed by atoms with Crippen LogP contribution in [0.15, 0.2) is 33.6 Å². The second-order valence-corrected chi connectivity index (χ2v) is 6.58. The fourth-order valence-electron chi connectivity index (χ4n) is 1.16. The summed E-state index contributed by atoms with van der Waals surface area (Å²) < 4.78 is 24.4. The summed E-state index contributed by atoms with van der Waals surface area (Å²) in [6.45, 7) is 0. The van der Waals surface area contributed by atoms with E-state index in [0.717, 1.165) is 10.9 Å². The third kappa shape index (κ3) is 4.13. The van der Waals surface area contributed by atoms with Gasteiger partial charge in [0.25, 0.3) is 0 Å². The van der Waals surface area contributed by atoms with Crippen molar-refractivity contribution in [2.45, 2.75) is 17.7 Å². The van der Waals surface area contributed by atoms with Crippen LogP contribution in [0.4, 0.5) is 0 Å². The molecule has 84 valence electrons. The van der Waals surface area contributed by atoms with E-state index >= 15 is 0 Å². The summed E-state index contributed by atoms with van der Waals surface area (Å²) in [5.74, 6) is 0.671. The highest BCUT2D eigenvalue weighted by atomic mass is 79.9. The predicted molar refractivity (Wildman–Crippen MR) is 66.1 cm³/mol. The first-order chi connectivity index (χ1) is 7.06. The van der Waals surface area contributed by atoms with Crippen LogP contribution in [0.5, 0.6) is 0 Å². The molecule has 1 aromatic rings. The Bertz CT molecular complexity index is 417. The summed E-state index contributed by atoms with van der Waals surface area (Å²) in [5.41, 5.74) is 0. The maximum absolute atomic E-state index is 11.8. The van der Waals surface area contributed by atoms with Gasteiger partial charge in [0.15, 0.2) is 9.84 Å². The van der Waals surface area contributed by atoms with Crippen molar-refractivity contribution in [3.8, 4) is 0 Å². The largest absolute Gasteiger partial charge is 0.224 e. The van der Waals surface area contributed by atoms with E-state index in [1.165, 1.54) is 0 Å². The van der Waals surface area contributed by atoms with Crippen LogP contribution >= 0.6 is 27.5 Å². The Morgan fingerprint density at radius 1 is 1.27 bits per heavy atom. The lowest BCUT2D eigenvalue weighted by Crippen LogP contribution is -2.06. The zero-order chi connectivity index (χ0) is 11.3. The van der Waals surface area contributed by atoms with Crippen molar-refractivity contribution in [1.29, 1.82) is 0 Å². The Morgan fingerprint density at radius 2 is 2.00 bits per heavy atom. The Hall–Kier alpha value is -0.0600. The van der Waals surface area contributed by atoms with E-state index in [2.05, 4.69) is 15.9 Å². The summed E-state index contributed by atoms with van der Waals surface area (Å²) >= 11 is 8.75. The average Bonchev–Trinajstić information content (AvgIpc) is 2.18. The molecule has 0 spiro atoms. The van der Waals surface area contributed by atoms with Gasteiger partial charge in [-0.1, -0.05) is 22.0 Å². The van der Waals surface area contributed by atoms with Gasteiger partial charge in [-0.3, -0.25) is 0 Å². The van der Waals surface area contributed by atoms with Gasteiger partial charge in [0, 0.05) is 10.4 Å². The Morgan fingerprint density at radius 3 is 2.60 bits per heavy atom. The van der Waals surface area contributed by atoms with E-state index in [1.807, 2.05) is 0 Å². The number of unbranched alkanes of at least 4 members (excludes halogenated alkanes) is 1. The van der Waals surface area contributed by atoms with Crippen molar-refractivity contribution in [1.82, 2.24) is 0 Å².